The number of Topliss-reactive ketones (excluding diaryl/α,β-unsaturated/α-hetero) is 3. The highest BCUT2D eigenvalue weighted by Crippen LogP contribution is 2.57. The van der Waals surface area contributed by atoms with Gasteiger partial charge in [-0.15, -0.1) is 16.4 Å². The molecule has 6 rings (SSSR count). The van der Waals surface area contributed by atoms with Crippen LogP contribution in [-0.4, -0.2) is 48.3 Å². The first kappa shape index (κ1) is 28.0. The number of carbonyl (C=O) groups is 4. The second-order valence-electron chi connectivity index (χ2n) is 10.7. The van der Waals surface area contributed by atoms with Gasteiger partial charge in [-0.1, -0.05) is 23.4 Å². The van der Waals surface area contributed by atoms with E-state index < -0.39 is 34.3 Å². The van der Waals surface area contributed by atoms with E-state index in [0.717, 1.165) is 16.2 Å². The van der Waals surface area contributed by atoms with Gasteiger partial charge in [0, 0.05) is 22.0 Å². The highest BCUT2D eigenvalue weighted by atomic mass is 32.1. The van der Waals surface area contributed by atoms with Gasteiger partial charge in [-0.3, -0.25) is 19.2 Å². The van der Waals surface area contributed by atoms with Gasteiger partial charge in [-0.05, 0) is 45.2 Å². The Bertz CT molecular complexity index is 1950. The van der Waals surface area contributed by atoms with E-state index in [4.69, 9.17) is 4.74 Å². The molecule has 1 aliphatic heterocycles. The zero-order valence-electron chi connectivity index (χ0n) is 23.6. The first-order chi connectivity index (χ1) is 20.4. The van der Waals surface area contributed by atoms with Crippen LogP contribution in [0.2, 0.25) is 0 Å². The van der Waals surface area contributed by atoms with Crippen LogP contribution in [0, 0.1) is 6.92 Å². The van der Waals surface area contributed by atoms with Crippen LogP contribution >= 0.6 is 11.3 Å². The summed E-state index contributed by atoms with van der Waals surface area (Å²) in [6.45, 7) is 5.85. The fraction of sp³-hybridized carbons (Fsp3) is 0.226. The molecule has 2 aliphatic rings. The number of nitrogens with zero attached hydrogens (tertiary/aromatic N) is 3. The van der Waals surface area contributed by atoms with Crippen molar-refractivity contribution in [3.63, 3.8) is 0 Å². The van der Waals surface area contributed by atoms with Gasteiger partial charge >= 0.3 is 0 Å². The normalized spacial score (nSPS) is 18.7. The number of fused-ring (bicyclic) bond motifs is 4. The molecule has 218 valence electrons. The predicted octanol–water partition coefficient (Wildman–Crippen LogP) is 4.05. The SMILES string of the molecule is CC(=O)c1c(O)c(C)c(O)c2c1OC1=CC(=O)/C(=C(/C)NCc3cn(CC(=O)c4cc5ccccc5s4)nn3)C(=O)C12C. The molecule has 2 aromatic carbocycles. The van der Waals surface area contributed by atoms with Gasteiger partial charge in [-0.2, -0.15) is 0 Å². The lowest BCUT2D eigenvalue weighted by Crippen LogP contribution is -2.41. The molecule has 3 heterocycles. The Morgan fingerprint density at radius 3 is 2.60 bits per heavy atom. The number of ether oxygens (including phenoxy) is 1. The van der Waals surface area contributed by atoms with Crippen LogP contribution in [0.4, 0.5) is 0 Å². The summed E-state index contributed by atoms with van der Waals surface area (Å²) in [6.07, 6.45) is 2.77. The first-order valence-corrected chi connectivity index (χ1v) is 14.2. The van der Waals surface area contributed by atoms with Gasteiger partial charge in [0.25, 0.3) is 0 Å². The summed E-state index contributed by atoms with van der Waals surface area (Å²) in [6, 6.07) is 9.61. The number of hydrogen-bond donors (Lipinski definition) is 3. The minimum absolute atomic E-state index is 0.00289. The molecule has 3 N–H and O–H groups in total. The van der Waals surface area contributed by atoms with E-state index >= 15 is 0 Å². The zero-order valence-corrected chi connectivity index (χ0v) is 24.5. The van der Waals surface area contributed by atoms with E-state index in [-0.39, 0.29) is 58.3 Å². The zero-order chi connectivity index (χ0) is 30.8. The van der Waals surface area contributed by atoms with E-state index in [1.807, 2.05) is 30.3 Å². The Hall–Kier alpha value is -5.10. The van der Waals surface area contributed by atoms with Crippen molar-refractivity contribution < 1.29 is 34.1 Å². The van der Waals surface area contributed by atoms with E-state index in [1.165, 1.54) is 36.8 Å². The van der Waals surface area contributed by atoms with Crippen molar-refractivity contribution in [2.75, 3.05) is 0 Å². The molecule has 43 heavy (non-hydrogen) atoms. The molecular weight excluding hydrogens is 572 g/mol. The third-order valence-electron chi connectivity index (χ3n) is 7.89. The Kier molecular flexibility index (Phi) is 6.53. The van der Waals surface area contributed by atoms with Crippen molar-refractivity contribution in [2.24, 2.45) is 0 Å². The molecule has 11 nitrogen and oxygen atoms in total. The van der Waals surface area contributed by atoms with Gasteiger partial charge in [0.2, 0.25) is 0 Å². The summed E-state index contributed by atoms with van der Waals surface area (Å²) in [5.74, 6) is -2.89. The van der Waals surface area contributed by atoms with E-state index in [1.54, 1.807) is 13.1 Å². The number of allylic oxidation sites excluding steroid dienone is 4. The summed E-state index contributed by atoms with van der Waals surface area (Å²) in [5, 5.41) is 33.7. The molecule has 0 spiro atoms. The standard InChI is InChI=1S/C31H26N4O7S/c1-14-27(39)25(16(3)36)29-26(28(14)40)31(4)23(42-29)10-19(37)24(30(31)41)15(2)32-11-18-12-35(34-33-18)13-20(38)22-9-17-7-5-6-8-21(17)43-22/h5-10,12,32,39-40H,11,13H2,1-4H3/b24-15+. The van der Waals surface area contributed by atoms with Crippen molar-refractivity contribution in [1.82, 2.24) is 20.3 Å². The van der Waals surface area contributed by atoms with E-state index in [2.05, 4.69) is 15.6 Å². The molecule has 12 heteroatoms. The lowest BCUT2D eigenvalue weighted by atomic mass is 9.70. The van der Waals surface area contributed by atoms with Gasteiger partial charge in [0.1, 0.15) is 46.2 Å². The summed E-state index contributed by atoms with van der Waals surface area (Å²) in [4.78, 5) is 52.9. The van der Waals surface area contributed by atoms with E-state index in [9.17, 15) is 29.4 Å². The fourth-order valence-electron chi connectivity index (χ4n) is 5.52. The largest absolute Gasteiger partial charge is 0.507 e. The van der Waals surface area contributed by atoms with Gasteiger partial charge in [-0.25, -0.2) is 4.68 Å². The number of rotatable bonds is 7. The number of hydrogen-bond acceptors (Lipinski definition) is 11. The van der Waals surface area contributed by atoms with Gasteiger partial charge in [0.05, 0.1) is 28.8 Å². The van der Waals surface area contributed by atoms with Crippen LogP contribution in [0.25, 0.3) is 10.1 Å². The smallest absolute Gasteiger partial charge is 0.194 e. The molecule has 0 bridgehead atoms. The molecule has 2 aromatic heterocycles. The fourth-order valence-corrected chi connectivity index (χ4v) is 6.51. The lowest BCUT2D eigenvalue weighted by molar-refractivity contribution is -0.123. The van der Waals surface area contributed by atoms with Crippen molar-refractivity contribution in [2.45, 2.75) is 46.2 Å². The molecule has 0 saturated carbocycles. The van der Waals surface area contributed by atoms with Crippen LogP contribution in [-0.2, 0) is 28.1 Å². The maximum Gasteiger partial charge on any atom is 0.194 e. The average molecular weight is 599 g/mol. The maximum absolute atomic E-state index is 13.9. The minimum Gasteiger partial charge on any atom is -0.507 e. The Labute approximate surface area is 249 Å². The van der Waals surface area contributed by atoms with Crippen LogP contribution in [0.3, 0.4) is 0 Å². The number of aromatic nitrogens is 3. The van der Waals surface area contributed by atoms with Crippen LogP contribution in [0.5, 0.6) is 17.2 Å². The third kappa shape index (κ3) is 4.33. The lowest BCUT2D eigenvalue weighted by Gasteiger charge is -2.29. The number of aromatic hydroxyl groups is 2. The molecule has 0 saturated heterocycles. The highest BCUT2D eigenvalue weighted by molar-refractivity contribution is 7.20. The summed E-state index contributed by atoms with van der Waals surface area (Å²) >= 11 is 1.42. The summed E-state index contributed by atoms with van der Waals surface area (Å²) in [5.41, 5.74) is -1.14. The molecule has 0 radical (unpaired) electrons. The van der Waals surface area contributed by atoms with Gasteiger partial charge < -0.3 is 20.3 Å². The molecule has 0 fully saturated rings. The van der Waals surface area contributed by atoms with Crippen LogP contribution in [0.1, 0.15) is 57.6 Å². The topological polar surface area (TPSA) is 161 Å². The number of ketones is 4. The number of thiophene rings is 1. The van der Waals surface area contributed by atoms with E-state index in [0.29, 0.717) is 10.6 Å². The number of nitrogens with one attached hydrogen (secondary N) is 1. The number of phenolic OH excluding ortho intramolecular Hbond substituents is 2. The maximum atomic E-state index is 13.9. The molecule has 1 atom stereocenters. The average Bonchev–Trinajstić information content (AvgIpc) is 3.67. The summed E-state index contributed by atoms with van der Waals surface area (Å²) < 4.78 is 8.25. The number of benzene rings is 2. The molecule has 1 aliphatic carbocycles. The second-order valence-corrected chi connectivity index (χ2v) is 11.8. The number of phenols is 2. The molecule has 1 unspecified atom stereocenters. The quantitative estimate of drug-likeness (QED) is 0.161. The Morgan fingerprint density at radius 1 is 1.14 bits per heavy atom. The predicted molar refractivity (Wildman–Crippen MR) is 156 cm³/mol. The third-order valence-corrected chi connectivity index (χ3v) is 9.04. The highest BCUT2D eigenvalue weighted by Gasteiger charge is 2.56. The summed E-state index contributed by atoms with van der Waals surface area (Å²) in [7, 11) is 0. The van der Waals surface area contributed by atoms with Crippen LogP contribution in [0.15, 0.2) is 59.6 Å². The van der Waals surface area contributed by atoms with Crippen LogP contribution < -0.4 is 10.1 Å². The Balaban J connectivity index is 1.23. The second kappa shape index (κ2) is 10.0. The van der Waals surface area contributed by atoms with Crippen molar-refractivity contribution in [3.05, 3.63) is 86.9 Å². The first-order valence-electron chi connectivity index (χ1n) is 13.4. The monoisotopic (exact) mass is 598 g/mol. The Morgan fingerprint density at radius 2 is 1.88 bits per heavy atom. The van der Waals surface area contributed by atoms with Crippen molar-refractivity contribution in [1.29, 1.82) is 0 Å². The minimum atomic E-state index is -1.61. The van der Waals surface area contributed by atoms with Crippen molar-refractivity contribution in [3.8, 4) is 17.2 Å². The molecule has 0 amide bonds. The number of carbonyl (C=O) groups excluding carboxylic acids is 4. The molecule has 4 aromatic rings. The van der Waals surface area contributed by atoms with Crippen molar-refractivity contribution >= 4 is 44.6 Å². The molecular formula is C31H26N4O7S. The van der Waals surface area contributed by atoms with Gasteiger partial charge in [0.15, 0.2) is 23.1 Å².